The fourth-order valence-electron chi connectivity index (χ4n) is 1.17. The largest absolute Gasteiger partial charge is 0.418 e. The number of nitrogens with one attached hydrogen (secondary N) is 1. The van der Waals surface area contributed by atoms with Crippen LogP contribution in [0.3, 0.4) is 0 Å². The standard InChI is InChI=1S/C7H3F5N2O3/c8-5(9)3-2(7(10,11)12)1-13-6(15)4(3)14(16)17/h1,5H,(H,13,15). The van der Waals surface area contributed by atoms with Gasteiger partial charge in [0, 0.05) is 6.20 Å². The Labute approximate surface area is 89.0 Å². The minimum absolute atomic E-state index is 0.0170. The summed E-state index contributed by atoms with van der Waals surface area (Å²) in [6, 6.07) is 0. The zero-order chi connectivity index (χ0) is 13.4. The molecular weight excluding hydrogens is 255 g/mol. The fourth-order valence-corrected chi connectivity index (χ4v) is 1.17. The van der Waals surface area contributed by atoms with E-state index in [2.05, 4.69) is 0 Å². The summed E-state index contributed by atoms with van der Waals surface area (Å²) >= 11 is 0. The van der Waals surface area contributed by atoms with Crippen molar-refractivity contribution in [3.05, 3.63) is 37.8 Å². The van der Waals surface area contributed by atoms with Gasteiger partial charge in [0.1, 0.15) is 5.56 Å². The first-order valence-corrected chi connectivity index (χ1v) is 3.91. The minimum Gasteiger partial charge on any atom is -0.323 e. The van der Waals surface area contributed by atoms with Crippen molar-refractivity contribution in [2.24, 2.45) is 0 Å². The molecular formula is C7H3F5N2O3. The predicted molar refractivity (Wildman–Crippen MR) is 43.7 cm³/mol. The van der Waals surface area contributed by atoms with Crippen molar-refractivity contribution >= 4 is 5.69 Å². The van der Waals surface area contributed by atoms with Crippen LogP contribution in [-0.2, 0) is 6.18 Å². The zero-order valence-electron chi connectivity index (χ0n) is 7.72. The van der Waals surface area contributed by atoms with Gasteiger partial charge in [0.2, 0.25) is 0 Å². The van der Waals surface area contributed by atoms with Gasteiger partial charge in [-0.15, -0.1) is 0 Å². The Morgan fingerprint density at radius 2 is 1.88 bits per heavy atom. The lowest BCUT2D eigenvalue weighted by Crippen LogP contribution is -2.20. The van der Waals surface area contributed by atoms with Crippen LogP contribution in [0.4, 0.5) is 27.6 Å². The van der Waals surface area contributed by atoms with Crippen LogP contribution in [0.5, 0.6) is 0 Å². The van der Waals surface area contributed by atoms with E-state index >= 15 is 0 Å². The third-order valence-electron chi connectivity index (χ3n) is 1.81. The van der Waals surface area contributed by atoms with Crippen LogP contribution in [0.25, 0.3) is 0 Å². The van der Waals surface area contributed by atoms with Gasteiger partial charge in [0.25, 0.3) is 6.43 Å². The first kappa shape index (κ1) is 13.1. The summed E-state index contributed by atoms with van der Waals surface area (Å²) in [7, 11) is 0. The van der Waals surface area contributed by atoms with Crippen molar-refractivity contribution < 1.29 is 26.9 Å². The number of nitrogens with zero attached hydrogens (tertiary/aromatic N) is 1. The molecule has 0 bridgehead atoms. The SMILES string of the molecule is O=c1[nH]cc(C(F)(F)F)c(C(F)F)c1[N+](=O)[O-]. The van der Waals surface area contributed by atoms with E-state index in [1.54, 1.807) is 0 Å². The molecule has 17 heavy (non-hydrogen) atoms. The van der Waals surface area contributed by atoms with Crippen molar-refractivity contribution in [3.63, 3.8) is 0 Å². The second kappa shape index (κ2) is 4.11. The van der Waals surface area contributed by atoms with Crippen LogP contribution >= 0.6 is 0 Å². The number of alkyl halides is 5. The monoisotopic (exact) mass is 258 g/mol. The lowest BCUT2D eigenvalue weighted by atomic mass is 10.1. The van der Waals surface area contributed by atoms with Crippen LogP contribution in [0.1, 0.15) is 17.6 Å². The summed E-state index contributed by atoms with van der Waals surface area (Å²) in [5.41, 5.74) is -7.27. The molecule has 0 aliphatic rings. The average Bonchev–Trinajstić information content (AvgIpc) is 2.14. The van der Waals surface area contributed by atoms with Gasteiger partial charge in [-0.2, -0.15) is 13.2 Å². The molecule has 0 amide bonds. The van der Waals surface area contributed by atoms with E-state index in [0.29, 0.717) is 0 Å². The molecule has 0 radical (unpaired) electrons. The quantitative estimate of drug-likeness (QED) is 0.502. The van der Waals surface area contributed by atoms with E-state index in [9.17, 15) is 36.9 Å². The van der Waals surface area contributed by atoms with Gasteiger partial charge in [-0.1, -0.05) is 0 Å². The van der Waals surface area contributed by atoms with Crippen LogP contribution in [0, 0.1) is 10.1 Å². The zero-order valence-corrected chi connectivity index (χ0v) is 7.72. The van der Waals surface area contributed by atoms with E-state index in [1.165, 1.54) is 4.98 Å². The highest BCUT2D eigenvalue weighted by atomic mass is 19.4. The maximum Gasteiger partial charge on any atom is 0.418 e. The topological polar surface area (TPSA) is 76.0 Å². The van der Waals surface area contributed by atoms with E-state index in [4.69, 9.17) is 0 Å². The molecule has 0 saturated carbocycles. The Bertz CT molecular complexity index is 507. The highest BCUT2D eigenvalue weighted by molar-refractivity contribution is 5.44. The summed E-state index contributed by atoms with van der Waals surface area (Å²) in [5, 5.41) is 10.3. The Balaban J connectivity index is 3.72. The lowest BCUT2D eigenvalue weighted by molar-refractivity contribution is -0.388. The molecule has 0 aromatic carbocycles. The summed E-state index contributed by atoms with van der Waals surface area (Å²) < 4.78 is 61.7. The molecule has 0 atom stereocenters. The maximum atomic E-state index is 12.4. The lowest BCUT2D eigenvalue weighted by Gasteiger charge is -2.11. The molecule has 0 unspecified atom stereocenters. The Hall–Kier alpha value is -2.00. The summed E-state index contributed by atoms with van der Waals surface area (Å²) in [5.74, 6) is 0. The van der Waals surface area contributed by atoms with Crippen LogP contribution < -0.4 is 5.56 Å². The van der Waals surface area contributed by atoms with Gasteiger partial charge in [-0.3, -0.25) is 14.9 Å². The number of hydrogen-bond acceptors (Lipinski definition) is 3. The third-order valence-corrected chi connectivity index (χ3v) is 1.81. The second-order valence-corrected chi connectivity index (χ2v) is 2.85. The Kier molecular flexibility index (Phi) is 3.16. The van der Waals surface area contributed by atoms with E-state index in [0.717, 1.165) is 0 Å². The van der Waals surface area contributed by atoms with Gasteiger partial charge in [-0.25, -0.2) is 8.78 Å². The van der Waals surface area contributed by atoms with E-state index in [-0.39, 0.29) is 6.20 Å². The third kappa shape index (κ3) is 2.40. The molecule has 0 saturated heterocycles. The van der Waals surface area contributed by atoms with Crippen molar-refractivity contribution in [1.29, 1.82) is 0 Å². The Morgan fingerprint density at radius 3 is 2.24 bits per heavy atom. The predicted octanol–water partition coefficient (Wildman–Crippen LogP) is 2.24. The normalized spacial score (nSPS) is 11.9. The van der Waals surface area contributed by atoms with Crippen LogP contribution in [0.15, 0.2) is 11.0 Å². The highest BCUT2D eigenvalue weighted by Gasteiger charge is 2.41. The number of halogens is 5. The molecule has 1 aromatic heterocycles. The average molecular weight is 258 g/mol. The van der Waals surface area contributed by atoms with Crippen molar-refractivity contribution in [3.8, 4) is 0 Å². The molecule has 0 spiro atoms. The van der Waals surface area contributed by atoms with E-state index < -0.39 is 39.9 Å². The van der Waals surface area contributed by atoms with Crippen molar-refractivity contribution in [1.82, 2.24) is 4.98 Å². The smallest absolute Gasteiger partial charge is 0.323 e. The molecule has 1 rings (SSSR count). The van der Waals surface area contributed by atoms with Crippen LogP contribution in [-0.4, -0.2) is 9.91 Å². The van der Waals surface area contributed by atoms with Crippen molar-refractivity contribution in [2.45, 2.75) is 12.6 Å². The van der Waals surface area contributed by atoms with Gasteiger partial charge >= 0.3 is 17.4 Å². The van der Waals surface area contributed by atoms with Gasteiger partial charge in [-0.05, 0) is 0 Å². The van der Waals surface area contributed by atoms with Crippen molar-refractivity contribution in [2.75, 3.05) is 0 Å². The minimum atomic E-state index is -5.22. The van der Waals surface area contributed by atoms with Gasteiger partial charge < -0.3 is 4.98 Å². The number of hydrogen-bond donors (Lipinski definition) is 1. The highest BCUT2D eigenvalue weighted by Crippen LogP contribution is 2.38. The number of aromatic nitrogens is 1. The molecule has 1 aromatic rings. The number of rotatable bonds is 2. The second-order valence-electron chi connectivity index (χ2n) is 2.85. The van der Waals surface area contributed by atoms with Gasteiger partial charge in [0.15, 0.2) is 0 Å². The Morgan fingerprint density at radius 1 is 1.35 bits per heavy atom. The molecule has 1 heterocycles. The summed E-state index contributed by atoms with van der Waals surface area (Å²) in [6.07, 6.45) is -9.02. The first-order chi connectivity index (χ1) is 7.66. The molecule has 10 heteroatoms. The van der Waals surface area contributed by atoms with Gasteiger partial charge in [0.05, 0.1) is 10.5 Å². The summed E-state index contributed by atoms with van der Waals surface area (Å²) in [6.45, 7) is 0. The first-order valence-electron chi connectivity index (χ1n) is 3.91. The molecule has 0 aliphatic carbocycles. The number of aromatic amines is 1. The molecule has 0 aliphatic heterocycles. The molecule has 5 nitrogen and oxygen atoms in total. The number of H-pyrrole nitrogens is 1. The molecule has 94 valence electrons. The van der Waals surface area contributed by atoms with E-state index in [1.807, 2.05) is 0 Å². The molecule has 1 N–H and O–H groups in total. The van der Waals surface area contributed by atoms with Crippen LogP contribution in [0.2, 0.25) is 0 Å². The number of pyridine rings is 1. The summed E-state index contributed by atoms with van der Waals surface area (Å²) in [4.78, 5) is 21.0. The molecule has 0 fully saturated rings. The number of nitro groups is 1. The fraction of sp³-hybridized carbons (Fsp3) is 0.286. The maximum absolute atomic E-state index is 12.4.